The molecule has 1 rings (SSSR count). The van der Waals surface area contributed by atoms with Gasteiger partial charge in [-0.2, -0.15) is 8.42 Å². The monoisotopic (exact) mass is 221 g/mol. The van der Waals surface area contributed by atoms with Crippen LogP contribution < -0.4 is 0 Å². The third kappa shape index (κ3) is 2.82. The van der Waals surface area contributed by atoms with Gasteiger partial charge >= 0.3 is 0 Å². The molecule has 0 heterocycles. The summed E-state index contributed by atoms with van der Waals surface area (Å²) in [6, 6.07) is 5.16. The Hall–Kier alpha value is -0.870. The standard InChI is InChI=1S/C10H14O3S/c1-8(2)13-14(11,12)10-6-4-9(3)5-7-10/h4-8H,1-3H3/i1D3,2D3,8D. The zero-order valence-electron chi connectivity index (χ0n) is 14.4. The number of hydrogen-bond donors (Lipinski definition) is 0. The first-order chi connectivity index (χ1) is 9.21. The van der Waals surface area contributed by atoms with E-state index in [0.717, 1.165) is 17.7 Å². The van der Waals surface area contributed by atoms with E-state index in [9.17, 15) is 8.42 Å². The van der Waals surface area contributed by atoms with Gasteiger partial charge in [-0.1, -0.05) is 17.7 Å². The average Bonchev–Trinajstić information content (AvgIpc) is 2.25. The van der Waals surface area contributed by atoms with Crippen LogP contribution in [0.3, 0.4) is 0 Å². The first kappa shape index (κ1) is 4.77. The highest BCUT2D eigenvalue weighted by molar-refractivity contribution is 7.86. The fourth-order valence-electron chi connectivity index (χ4n) is 0.863. The molecule has 3 nitrogen and oxygen atoms in total. The molecule has 0 aliphatic heterocycles. The lowest BCUT2D eigenvalue weighted by atomic mass is 10.2. The molecule has 0 aliphatic rings. The molecule has 0 saturated carbocycles. The van der Waals surface area contributed by atoms with Crippen molar-refractivity contribution in [3.8, 4) is 0 Å². The fraction of sp³-hybridized carbons (Fsp3) is 0.400. The lowest BCUT2D eigenvalue weighted by molar-refractivity contribution is 0.249. The molecule has 0 aromatic heterocycles. The quantitative estimate of drug-likeness (QED) is 0.734. The predicted molar refractivity (Wildman–Crippen MR) is 54.6 cm³/mol. The van der Waals surface area contributed by atoms with Crippen LogP contribution in [0.5, 0.6) is 0 Å². The van der Waals surface area contributed by atoms with Gasteiger partial charge in [0.05, 0.1) is 12.3 Å². The summed E-state index contributed by atoms with van der Waals surface area (Å²) in [5, 5.41) is 0. The minimum Gasteiger partial charge on any atom is -0.264 e. The maximum atomic E-state index is 12.0. The Labute approximate surface area is 94.7 Å². The van der Waals surface area contributed by atoms with E-state index in [-0.39, 0.29) is 0 Å². The van der Waals surface area contributed by atoms with Gasteiger partial charge in [0, 0.05) is 8.22 Å². The molecule has 0 amide bonds. The predicted octanol–water partition coefficient (Wildman–Crippen LogP) is 2.11. The van der Waals surface area contributed by atoms with Gasteiger partial charge in [-0.3, -0.25) is 4.18 Å². The second-order valence-corrected chi connectivity index (χ2v) is 4.23. The number of rotatable bonds is 3. The van der Waals surface area contributed by atoms with Crippen molar-refractivity contribution < 1.29 is 22.2 Å². The lowest BCUT2D eigenvalue weighted by Crippen LogP contribution is -2.12. The smallest absolute Gasteiger partial charge is 0.264 e. The molecule has 14 heavy (non-hydrogen) atoms. The number of aryl methyl sites for hydroxylation is 1. The van der Waals surface area contributed by atoms with Crippen molar-refractivity contribution in [2.45, 2.75) is 31.6 Å². The van der Waals surface area contributed by atoms with Crippen LogP contribution in [0.4, 0.5) is 0 Å². The highest BCUT2D eigenvalue weighted by Crippen LogP contribution is 2.14. The molecule has 78 valence electrons. The lowest BCUT2D eigenvalue weighted by Gasteiger charge is -2.08. The van der Waals surface area contributed by atoms with Crippen molar-refractivity contribution in [1.82, 2.24) is 0 Å². The van der Waals surface area contributed by atoms with Crippen LogP contribution >= 0.6 is 0 Å². The summed E-state index contributed by atoms with van der Waals surface area (Å²) in [5.41, 5.74) is 0.748. The Morgan fingerprint density at radius 1 is 1.36 bits per heavy atom. The first-order valence-electron chi connectivity index (χ1n) is 7.23. The molecule has 0 atom stereocenters. The molecular formula is C10H14O3S. The van der Waals surface area contributed by atoms with Crippen LogP contribution in [0.1, 0.15) is 28.9 Å². The van der Waals surface area contributed by atoms with Gasteiger partial charge in [-0.05, 0) is 32.8 Å². The molecule has 0 radical (unpaired) electrons. The summed E-state index contributed by atoms with van der Waals surface area (Å²) in [6.07, 6.45) is -3.58. The van der Waals surface area contributed by atoms with E-state index >= 15 is 0 Å². The van der Waals surface area contributed by atoms with Crippen LogP contribution in [0, 0.1) is 6.92 Å². The molecular weight excluding hydrogens is 200 g/mol. The van der Waals surface area contributed by atoms with Crippen LogP contribution in [0.15, 0.2) is 29.2 Å². The van der Waals surface area contributed by atoms with E-state index in [1.54, 1.807) is 6.92 Å². The summed E-state index contributed by atoms with van der Waals surface area (Å²) in [4.78, 5) is -0.418. The summed E-state index contributed by atoms with van der Waals surface area (Å²) in [6.45, 7) is -5.25. The van der Waals surface area contributed by atoms with E-state index in [2.05, 4.69) is 4.18 Å². The van der Waals surface area contributed by atoms with Gasteiger partial charge in [0.2, 0.25) is 0 Å². The van der Waals surface area contributed by atoms with E-state index in [0.29, 0.717) is 0 Å². The molecule has 4 heteroatoms. The van der Waals surface area contributed by atoms with Crippen LogP contribution in [0.2, 0.25) is 0 Å². The fourth-order valence-corrected chi connectivity index (χ4v) is 1.65. The Kier molecular flexibility index (Phi) is 1.40. The van der Waals surface area contributed by atoms with Crippen LogP contribution in [0.25, 0.3) is 0 Å². The molecule has 0 fully saturated rings. The van der Waals surface area contributed by atoms with Gasteiger partial charge in [0.15, 0.2) is 0 Å². The second kappa shape index (κ2) is 4.11. The highest BCUT2D eigenvalue weighted by Gasteiger charge is 2.16. The zero-order chi connectivity index (χ0) is 16.7. The minimum absolute atomic E-state index is 0.418. The molecule has 1 aromatic rings. The molecule has 0 spiro atoms. The van der Waals surface area contributed by atoms with Crippen molar-refractivity contribution in [3.05, 3.63) is 29.8 Å². The SMILES string of the molecule is [2H]C([2H])([2H])C([2H])(OS(=O)(=O)c1ccc(C)cc1)C([2H])([2H])[2H]. The normalized spacial score (nSPS) is 21.9. The Morgan fingerprint density at radius 2 is 1.93 bits per heavy atom. The van der Waals surface area contributed by atoms with Crippen LogP contribution in [-0.4, -0.2) is 14.5 Å². The highest BCUT2D eigenvalue weighted by atomic mass is 32.2. The number of hydrogen-bond acceptors (Lipinski definition) is 3. The molecule has 0 aliphatic carbocycles. The van der Waals surface area contributed by atoms with Gasteiger partial charge in [0.25, 0.3) is 10.1 Å². The summed E-state index contributed by atoms with van der Waals surface area (Å²) in [5.74, 6) is 0. The summed E-state index contributed by atoms with van der Waals surface area (Å²) < 4.78 is 78.5. The minimum atomic E-state index is -4.71. The van der Waals surface area contributed by atoms with Crippen molar-refractivity contribution in [1.29, 1.82) is 0 Å². The maximum Gasteiger partial charge on any atom is 0.297 e. The van der Waals surface area contributed by atoms with Gasteiger partial charge in [-0.15, -0.1) is 0 Å². The van der Waals surface area contributed by atoms with E-state index < -0.39 is 34.8 Å². The maximum absolute atomic E-state index is 12.0. The van der Waals surface area contributed by atoms with Crippen molar-refractivity contribution in [2.75, 3.05) is 0 Å². The zero-order valence-corrected chi connectivity index (χ0v) is 8.26. The van der Waals surface area contributed by atoms with E-state index in [1.807, 2.05) is 0 Å². The van der Waals surface area contributed by atoms with E-state index in [4.69, 9.17) is 9.60 Å². The Morgan fingerprint density at radius 3 is 2.43 bits per heavy atom. The Bertz CT molecular complexity index is 587. The van der Waals surface area contributed by atoms with Crippen molar-refractivity contribution in [3.63, 3.8) is 0 Å². The summed E-state index contributed by atoms with van der Waals surface area (Å²) in [7, 11) is -4.71. The van der Waals surface area contributed by atoms with Gasteiger partial charge in [0.1, 0.15) is 0 Å². The third-order valence-corrected chi connectivity index (χ3v) is 2.74. The largest absolute Gasteiger partial charge is 0.297 e. The Balaban J connectivity index is 3.30. The van der Waals surface area contributed by atoms with E-state index in [1.165, 1.54) is 12.1 Å². The van der Waals surface area contributed by atoms with Crippen molar-refractivity contribution in [2.24, 2.45) is 0 Å². The summed E-state index contributed by atoms with van der Waals surface area (Å²) >= 11 is 0. The first-order valence-corrected chi connectivity index (χ1v) is 5.14. The average molecular weight is 221 g/mol. The molecule has 0 bridgehead atoms. The molecule has 1 aromatic carbocycles. The molecule has 0 N–H and O–H groups in total. The van der Waals surface area contributed by atoms with Crippen LogP contribution in [-0.2, 0) is 14.3 Å². The third-order valence-electron chi connectivity index (χ3n) is 1.50. The second-order valence-electron chi connectivity index (χ2n) is 2.68. The van der Waals surface area contributed by atoms with Crippen molar-refractivity contribution >= 4 is 10.1 Å². The molecule has 0 saturated heterocycles. The number of benzene rings is 1. The van der Waals surface area contributed by atoms with Gasteiger partial charge < -0.3 is 0 Å². The topological polar surface area (TPSA) is 43.4 Å². The molecule has 0 unspecified atom stereocenters. The van der Waals surface area contributed by atoms with Gasteiger partial charge in [-0.25, -0.2) is 0 Å².